The highest BCUT2D eigenvalue weighted by atomic mass is 15.2. The van der Waals surface area contributed by atoms with Gasteiger partial charge in [-0.2, -0.15) is 0 Å². The molecule has 0 saturated heterocycles. The fourth-order valence-corrected chi connectivity index (χ4v) is 3.92. The van der Waals surface area contributed by atoms with Crippen molar-refractivity contribution >= 4 is 11.4 Å². The SMILES string of the molecule is NCC1CCCc2cc(N3CCc4ccccc43)ccc21. The maximum atomic E-state index is 5.93. The minimum atomic E-state index is 0.564. The van der Waals surface area contributed by atoms with E-state index in [-0.39, 0.29) is 0 Å². The third-order valence-corrected chi connectivity index (χ3v) is 5.05. The summed E-state index contributed by atoms with van der Waals surface area (Å²) in [5.74, 6) is 0.564. The van der Waals surface area contributed by atoms with Gasteiger partial charge in [0.1, 0.15) is 0 Å². The van der Waals surface area contributed by atoms with E-state index in [1.165, 1.54) is 47.3 Å². The Balaban J connectivity index is 1.72. The molecule has 1 heterocycles. The Bertz CT molecular complexity index is 662. The standard InChI is InChI=1S/C19H22N2/c20-13-16-6-3-5-15-12-17(8-9-18(15)16)21-11-10-14-4-1-2-7-19(14)21/h1-2,4,7-9,12,16H,3,5-6,10-11,13,20H2. The highest BCUT2D eigenvalue weighted by Crippen LogP contribution is 2.38. The van der Waals surface area contributed by atoms with Gasteiger partial charge in [-0.05, 0) is 73.0 Å². The van der Waals surface area contributed by atoms with E-state index in [0.717, 1.165) is 19.5 Å². The normalized spacial score (nSPS) is 20.2. The minimum Gasteiger partial charge on any atom is -0.341 e. The number of nitrogens with two attached hydrogens (primary N) is 1. The van der Waals surface area contributed by atoms with Gasteiger partial charge in [0.05, 0.1) is 0 Å². The monoisotopic (exact) mass is 278 g/mol. The Morgan fingerprint density at radius 2 is 1.95 bits per heavy atom. The lowest BCUT2D eigenvalue weighted by atomic mass is 9.82. The molecule has 1 unspecified atom stereocenters. The lowest BCUT2D eigenvalue weighted by Gasteiger charge is -2.27. The molecule has 0 aromatic heterocycles. The molecule has 0 fully saturated rings. The first-order chi connectivity index (χ1) is 10.4. The molecule has 0 radical (unpaired) electrons. The zero-order valence-electron chi connectivity index (χ0n) is 12.4. The van der Waals surface area contributed by atoms with Crippen molar-refractivity contribution in [3.8, 4) is 0 Å². The molecule has 0 saturated carbocycles. The average molecular weight is 278 g/mol. The zero-order chi connectivity index (χ0) is 14.2. The van der Waals surface area contributed by atoms with Crippen LogP contribution in [0.2, 0.25) is 0 Å². The van der Waals surface area contributed by atoms with Gasteiger partial charge in [0.2, 0.25) is 0 Å². The largest absolute Gasteiger partial charge is 0.341 e. The van der Waals surface area contributed by atoms with Gasteiger partial charge in [-0.1, -0.05) is 24.3 Å². The molecule has 2 aromatic rings. The molecule has 0 amide bonds. The third-order valence-electron chi connectivity index (χ3n) is 5.05. The van der Waals surface area contributed by atoms with Gasteiger partial charge < -0.3 is 10.6 Å². The molecule has 2 heteroatoms. The fourth-order valence-electron chi connectivity index (χ4n) is 3.92. The summed E-state index contributed by atoms with van der Waals surface area (Å²) in [6.45, 7) is 1.87. The van der Waals surface area contributed by atoms with E-state index < -0.39 is 0 Å². The van der Waals surface area contributed by atoms with E-state index in [1.807, 2.05) is 0 Å². The van der Waals surface area contributed by atoms with Crippen molar-refractivity contribution in [3.05, 3.63) is 59.2 Å². The number of hydrogen-bond acceptors (Lipinski definition) is 2. The summed E-state index contributed by atoms with van der Waals surface area (Å²) in [6.07, 6.45) is 4.87. The van der Waals surface area contributed by atoms with Crippen LogP contribution in [0.5, 0.6) is 0 Å². The van der Waals surface area contributed by atoms with Crippen molar-refractivity contribution in [2.75, 3.05) is 18.0 Å². The van der Waals surface area contributed by atoms with Crippen LogP contribution in [0.4, 0.5) is 11.4 Å². The first-order valence-corrected chi connectivity index (χ1v) is 8.05. The zero-order valence-corrected chi connectivity index (χ0v) is 12.4. The van der Waals surface area contributed by atoms with Gasteiger partial charge in [-0.15, -0.1) is 0 Å². The second kappa shape index (κ2) is 5.19. The lowest BCUT2D eigenvalue weighted by Crippen LogP contribution is -2.19. The summed E-state index contributed by atoms with van der Waals surface area (Å²) >= 11 is 0. The predicted molar refractivity (Wildman–Crippen MR) is 88.3 cm³/mol. The van der Waals surface area contributed by atoms with Crippen LogP contribution >= 0.6 is 0 Å². The van der Waals surface area contributed by atoms with E-state index in [9.17, 15) is 0 Å². The van der Waals surface area contributed by atoms with E-state index >= 15 is 0 Å². The molecule has 0 bridgehead atoms. The molecule has 2 aliphatic rings. The van der Waals surface area contributed by atoms with Crippen molar-refractivity contribution in [1.82, 2.24) is 0 Å². The molecule has 2 N–H and O–H groups in total. The number of fused-ring (bicyclic) bond motifs is 2. The van der Waals surface area contributed by atoms with Crippen LogP contribution in [0, 0.1) is 0 Å². The van der Waals surface area contributed by atoms with E-state index in [0.29, 0.717) is 5.92 Å². The molecule has 1 aliphatic carbocycles. The van der Waals surface area contributed by atoms with Crippen LogP contribution in [-0.4, -0.2) is 13.1 Å². The number of anilines is 2. The second-order valence-electron chi connectivity index (χ2n) is 6.24. The molecular formula is C19H22N2. The van der Waals surface area contributed by atoms with Crippen LogP contribution in [0.15, 0.2) is 42.5 Å². The Labute approximate surface area is 126 Å². The highest BCUT2D eigenvalue weighted by Gasteiger charge is 2.23. The Kier molecular flexibility index (Phi) is 3.19. The molecule has 1 aliphatic heterocycles. The third kappa shape index (κ3) is 2.14. The Morgan fingerprint density at radius 1 is 1.05 bits per heavy atom. The van der Waals surface area contributed by atoms with E-state index in [4.69, 9.17) is 5.73 Å². The average Bonchev–Trinajstić information content (AvgIpc) is 2.97. The molecule has 4 rings (SSSR count). The number of nitrogens with zero attached hydrogens (tertiary/aromatic N) is 1. The smallest absolute Gasteiger partial charge is 0.0444 e. The van der Waals surface area contributed by atoms with Crippen molar-refractivity contribution in [1.29, 1.82) is 0 Å². The Hall–Kier alpha value is -1.80. The molecule has 2 aromatic carbocycles. The topological polar surface area (TPSA) is 29.3 Å². The quantitative estimate of drug-likeness (QED) is 0.906. The van der Waals surface area contributed by atoms with Gasteiger partial charge in [0.15, 0.2) is 0 Å². The van der Waals surface area contributed by atoms with Crippen LogP contribution < -0.4 is 10.6 Å². The van der Waals surface area contributed by atoms with Crippen LogP contribution in [0.1, 0.15) is 35.4 Å². The number of hydrogen-bond donors (Lipinski definition) is 1. The maximum absolute atomic E-state index is 5.93. The lowest BCUT2D eigenvalue weighted by molar-refractivity contribution is 0.561. The summed E-state index contributed by atoms with van der Waals surface area (Å²) in [6, 6.07) is 15.8. The van der Waals surface area contributed by atoms with Gasteiger partial charge in [-0.3, -0.25) is 0 Å². The number of para-hydroxylation sites is 1. The van der Waals surface area contributed by atoms with Crippen LogP contribution in [0.3, 0.4) is 0 Å². The minimum absolute atomic E-state index is 0.564. The molecule has 2 nitrogen and oxygen atoms in total. The first-order valence-electron chi connectivity index (χ1n) is 8.05. The van der Waals surface area contributed by atoms with Gasteiger partial charge >= 0.3 is 0 Å². The highest BCUT2D eigenvalue weighted by molar-refractivity contribution is 5.70. The summed E-state index contributed by atoms with van der Waals surface area (Å²) in [5.41, 5.74) is 13.1. The summed E-state index contributed by atoms with van der Waals surface area (Å²) in [4.78, 5) is 2.46. The van der Waals surface area contributed by atoms with Crippen LogP contribution in [0.25, 0.3) is 0 Å². The summed E-state index contributed by atoms with van der Waals surface area (Å²) in [5, 5.41) is 0. The van der Waals surface area contributed by atoms with Crippen molar-refractivity contribution < 1.29 is 0 Å². The van der Waals surface area contributed by atoms with Crippen molar-refractivity contribution in [2.45, 2.75) is 31.6 Å². The van der Waals surface area contributed by atoms with E-state index in [2.05, 4.69) is 47.4 Å². The number of rotatable bonds is 2. The molecular weight excluding hydrogens is 256 g/mol. The van der Waals surface area contributed by atoms with Gasteiger partial charge in [0.25, 0.3) is 0 Å². The van der Waals surface area contributed by atoms with Gasteiger partial charge in [-0.25, -0.2) is 0 Å². The fraction of sp³-hybridized carbons (Fsp3) is 0.368. The molecule has 0 spiro atoms. The summed E-state index contributed by atoms with van der Waals surface area (Å²) in [7, 11) is 0. The Morgan fingerprint density at radius 3 is 2.86 bits per heavy atom. The summed E-state index contributed by atoms with van der Waals surface area (Å²) < 4.78 is 0. The first kappa shape index (κ1) is 12.9. The van der Waals surface area contributed by atoms with Crippen molar-refractivity contribution in [3.63, 3.8) is 0 Å². The van der Waals surface area contributed by atoms with Crippen molar-refractivity contribution in [2.24, 2.45) is 5.73 Å². The maximum Gasteiger partial charge on any atom is 0.0444 e. The predicted octanol–water partition coefficient (Wildman–Crippen LogP) is 3.76. The van der Waals surface area contributed by atoms with E-state index in [1.54, 1.807) is 0 Å². The second-order valence-corrected chi connectivity index (χ2v) is 6.24. The van der Waals surface area contributed by atoms with Gasteiger partial charge in [0, 0.05) is 17.9 Å². The molecule has 108 valence electrons. The number of benzene rings is 2. The van der Waals surface area contributed by atoms with Crippen LogP contribution in [-0.2, 0) is 12.8 Å². The molecule has 1 atom stereocenters. The molecule has 21 heavy (non-hydrogen) atoms. The number of aryl methyl sites for hydroxylation is 1.